The van der Waals surface area contributed by atoms with E-state index in [-0.39, 0.29) is 18.2 Å². The molecular weight excluding hydrogens is 406 g/mol. The Hall–Kier alpha value is -3.04. The van der Waals surface area contributed by atoms with Crippen LogP contribution in [0.2, 0.25) is 0 Å². The van der Waals surface area contributed by atoms with Crippen molar-refractivity contribution in [1.82, 2.24) is 24.8 Å². The zero-order valence-electron chi connectivity index (χ0n) is 18.1. The largest absolute Gasteiger partial charge is 0.391 e. The molecule has 2 aliphatic rings. The lowest BCUT2D eigenvalue weighted by molar-refractivity contribution is 0.277. The molecule has 0 aromatic carbocycles. The third-order valence-electron chi connectivity index (χ3n) is 6.43. The van der Waals surface area contributed by atoms with E-state index in [0.29, 0.717) is 23.0 Å². The molecule has 0 radical (unpaired) electrons. The van der Waals surface area contributed by atoms with Gasteiger partial charge in [0.25, 0.3) is 5.56 Å². The summed E-state index contributed by atoms with van der Waals surface area (Å²) < 4.78 is 1.77. The lowest BCUT2D eigenvalue weighted by atomic mass is 9.95. The van der Waals surface area contributed by atoms with E-state index in [0.717, 1.165) is 62.9 Å². The van der Waals surface area contributed by atoms with Crippen LogP contribution in [0.3, 0.4) is 0 Å². The second-order valence-corrected chi connectivity index (χ2v) is 8.53. The molecule has 9 heteroatoms. The van der Waals surface area contributed by atoms with Crippen LogP contribution in [0.1, 0.15) is 43.7 Å². The number of nitrogens with zero attached hydrogens (tertiary/aromatic N) is 5. The van der Waals surface area contributed by atoms with Crippen molar-refractivity contribution in [2.45, 2.75) is 44.8 Å². The number of aromatic nitrogens is 4. The molecule has 168 valence electrons. The maximum Gasteiger partial charge on any atom is 0.258 e. The van der Waals surface area contributed by atoms with Crippen LogP contribution in [0, 0.1) is 0 Å². The minimum Gasteiger partial charge on any atom is -0.391 e. The van der Waals surface area contributed by atoms with Gasteiger partial charge in [0, 0.05) is 49.4 Å². The second-order valence-electron chi connectivity index (χ2n) is 8.53. The molecule has 4 heterocycles. The van der Waals surface area contributed by atoms with E-state index in [1.807, 2.05) is 18.3 Å². The number of hydrogen-bond acceptors (Lipinski definition) is 8. The summed E-state index contributed by atoms with van der Waals surface area (Å²) >= 11 is 0. The number of hydrogen-bond donors (Lipinski definition) is 3. The van der Waals surface area contributed by atoms with Gasteiger partial charge in [0.15, 0.2) is 0 Å². The van der Waals surface area contributed by atoms with Gasteiger partial charge >= 0.3 is 0 Å². The Morgan fingerprint density at radius 3 is 2.62 bits per heavy atom. The molecule has 1 aliphatic carbocycles. The Morgan fingerprint density at radius 2 is 1.91 bits per heavy atom. The van der Waals surface area contributed by atoms with Crippen LogP contribution < -0.4 is 21.1 Å². The van der Waals surface area contributed by atoms with E-state index in [4.69, 9.17) is 4.98 Å². The number of pyridine rings is 2. The standard InChI is InChI=1S/C23H29N7O2/c31-15-17-12-16-13-26-23(28-21(16)30(22(17)32)18-4-2-1-3-5-18)27-20-7-6-19(14-25-20)29-10-8-24-9-11-29/h6-7,12-14,18,24,31H,1-5,8-11,15H2,(H,25,26,27,28). The predicted molar refractivity (Wildman–Crippen MR) is 124 cm³/mol. The van der Waals surface area contributed by atoms with E-state index >= 15 is 0 Å². The van der Waals surface area contributed by atoms with Crippen LogP contribution in [0.5, 0.6) is 0 Å². The Morgan fingerprint density at radius 1 is 1.09 bits per heavy atom. The summed E-state index contributed by atoms with van der Waals surface area (Å²) in [5.74, 6) is 1.06. The van der Waals surface area contributed by atoms with E-state index in [9.17, 15) is 9.90 Å². The molecule has 1 aliphatic heterocycles. The zero-order valence-corrected chi connectivity index (χ0v) is 18.1. The number of piperazine rings is 1. The molecule has 0 unspecified atom stereocenters. The Balaban J connectivity index is 1.45. The van der Waals surface area contributed by atoms with Crippen molar-refractivity contribution < 1.29 is 5.11 Å². The Bertz CT molecular complexity index is 1130. The van der Waals surface area contributed by atoms with Gasteiger partial charge in [-0.1, -0.05) is 19.3 Å². The van der Waals surface area contributed by atoms with Crippen molar-refractivity contribution in [1.29, 1.82) is 0 Å². The van der Waals surface area contributed by atoms with Crippen molar-refractivity contribution in [3.63, 3.8) is 0 Å². The normalized spacial score (nSPS) is 17.6. The van der Waals surface area contributed by atoms with Crippen molar-refractivity contribution >= 4 is 28.5 Å². The molecule has 3 aromatic rings. The molecule has 1 saturated carbocycles. The number of anilines is 3. The topological polar surface area (TPSA) is 108 Å². The fourth-order valence-electron chi connectivity index (χ4n) is 4.71. The minimum absolute atomic E-state index is 0.101. The summed E-state index contributed by atoms with van der Waals surface area (Å²) in [5, 5.41) is 17.0. The number of nitrogens with one attached hydrogen (secondary N) is 2. The van der Waals surface area contributed by atoms with Gasteiger partial charge in [-0.05, 0) is 31.0 Å². The van der Waals surface area contributed by atoms with Gasteiger partial charge in [-0.3, -0.25) is 9.36 Å². The number of rotatable bonds is 5. The van der Waals surface area contributed by atoms with Gasteiger partial charge in [0.1, 0.15) is 11.5 Å². The smallest absolute Gasteiger partial charge is 0.258 e. The van der Waals surface area contributed by atoms with Crippen LogP contribution in [0.25, 0.3) is 11.0 Å². The molecule has 5 rings (SSSR count). The summed E-state index contributed by atoms with van der Waals surface area (Å²) in [4.78, 5) is 29.0. The van der Waals surface area contributed by atoms with Gasteiger partial charge < -0.3 is 20.6 Å². The Kier molecular flexibility index (Phi) is 6.00. The third-order valence-corrected chi connectivity index (χ3v) is 6.43. The maximum absolute atomic E-state index is 13.1. The number of fused-ring (bicyclic) bond motifs is 1. The predicted octanol–water partition coefficient (Wildman–Crippen LogP) is 2.34. The molecule has 0 bridgehead atoms. The summed E-state index contributed by atoms with van der Waals surface area (Å²) in [5.41, 5.74) is 1.93. The third kappa shape index (κ3) is 4.18. The van der Waals surface area contributed by atoms with Crippen molar-refractivity contribution in [2.24, 2.45) is 0 Å². The zero-order chi connectivity index (χ0) is 21.9. The molecule has 2 fully saturated rings. The van der Waals surface area contributed by atoms with E-state index < -0.39 is 0 Å². The van der Waals surface area contributed by atoms with E-state index in [1.165, 1.54) is 6.42 Å². The average Bonchev–Trinajstić information content (AvgIpc) is 2.85. The summed E-state index contributed by atoms with van der Waals surface area (Å²) in [7, 11) is 0. The molecule has 9 nitrogen and oxygen atoms in total. The number of aliphatic hydroxyl groups excluding tert-OH is 1. The van der Waals surface area contributed by atoms with Crippen LogP contribution in [0.4, 0.5) is 17.5 Å². The van der Waals surface area contributed by atoms with Crippen molar-refractivity contribution in [3.05, 3.63) is 46.5 Å². The first-order valence-corrected chi connectivity index (χ1v) is 11.4. The first kappa shape index (κ1) is 20.8. The molecule has 3 aromatic heterocycles. The molecular formula is C23H29N7O2. The Labute approximate surface area is 186 Å². The molecule has 0 amide bonds. The fourth-order valence-corrected chi connectivity index (χ4v) is 4.71. The lowest BCUT2D eigenvalue weighted by Crippen LogP contribution is -2.43. The molecule has 0 spiro atoms. The molecule has 3 N–H and O–H groups in total. The maximum atomic E-state index is 13.1. The number of aliphatic hydroxyl groups is 1. The summed E-state index contributed by atoms with van der Waals surface area (Å²) in [6, 6.07) is 5.77. The monoisotopic (exact) mass is 435 g/mol. The fraction of sp³-hybridized carbons (Fsp3) is 0.478. The van der Waals surface area contributed by atoms with E-state index in [1.54, 1.807) is 16.8 Å². The van der Waals surface area contributed by atoms with Crippen LogP contribution >= 0.6 is 0 Å². The summed E-state index contributed by atoms with van der Waals surface area (Å²) in [6.45, 7) is 3.61. The highest BCUT2D eigenvalue weighted by Crippen LogP contribution is 2.29. The first-order chi connectivity index (χ1) is 15.7. The molecule has 32 heavy (non-hydrogen) atoms. The second kappa shape index (κ2) is 9.22. The van der Waals surface area contributed by atoms with Crippen LogP contribution in [-0.2, 0) is 6.61 Å². The highest BCUT2D eigenvalue weighted by molar-refractivity contribution is 5.76. The average molecular weight is 436 g/mol. The first-order valence-electron chi connectivity index (χ1n) is 11.4. The highest BCUT2D eigenvalue weighted by atomic mass is 16.3. The molecule has 1 saturated heterocycles. The summed E-state index contributed by atoms with van der Waals surface area (Å²) in [6.07, 6.45) is 8.86. The van der Waals surface area contributed by atoms with E-state index in [2.05, 4.69) is 25.5 Å². The van der Waals surface area contributed by atoms with Gasteiger partial charge in [-0.2, -0.15) is 4.98 Å². The van der Waals surface area contributed by atoms with Crippen molar-refractivity contribution in [2.75, 3.05) is 36.4 Å². The highest BCUT2D eigenvalue weighted by Gasteiger charge is 2.21. The minimum atomic E-state index is -0.287. The quantitative estimate of drug-likeness (QED) is 0.560. The SMILES string of the molecule is O=c1c(CO)cc2cnc(Nc3ccc(N4CCNCC4)cn3)nc2n1C1CCCCC1. The van der Waals surface area contributed by atoms with Gasteiger partial charge in [0.05, 0.1) is 18.5 Å². The van der Waals surface area contributed by atoms with Crippen LogP contribution in [-0.4, -0.2) is 50.8 Å². The van der Waals surface area contributed by atoms with Gasteiger partial charge in [-0.15, -0.1) is 0 Å². The lowest BCUT2D eigenvalue weighted by Gasteiger charge is -2.29. The van der Waals surface area contributed by atoms with Gasteiger partial charge in [-0.25, -0.2) is 9.97 Å². The van der Waals surface area contributed by atoms with Crippen LogP contribution in [0.15, 0.2) is 35.4 Å². The molecule has 0 atom stereocenters. The van der Waals surface area contributed by atoms with Gasteiger partial charge in [0.2, 0.25) is 5.95 Å². The van der Waals surface area contributed by atoms with Crippen molar-refractivity contribution in [3.8, 4) is 0 Å².